The van der Waals surface area contributed by atoms with Gasteiger partial charge < -0.3 is 5.11 Å². The first kappa shape index (κ1) is 17.2. The van der Waals surface area contributed by atoms with Crippen molar-refractivity contribution in [2.45, 2.75) is 17.4 Å². The zero-order valence-electron chi connectivity index (χ0n) is 13.8. The SMILES string of the molecule is CC(O)(c1ccccc1)c1ccccc1S(=O)(=O)Nc1ccccc1. The number of sulfonamides is 1. The van der Waals surface area contributed by atoms with Crippen molar-refractivity contribution in [3.05, 3.63) is 96.1 Å². The summed E-state index contributed by atoms with van der Waals surface area (Å²) in [5.41, 5.74) is -0.0258. The van der Waals surface area contributed by atoms with E-state index in [0.717, 1.165) is 0 Å². The van der Waals surface area contributed by atoms with E-state index in [2.05, 4.69) is 4.72 Å². The van der Waals surface area contributed by atoms with E-state index in [1.165, 1.54) is 6.07 Å². The molecule has 0 aliphatic carbocycles. The van der Waals surface area contributed by atoms with E-state index in [4.69, 9.17) is 0 Å². The third-order valence-electron chi connectivity index (χ3n) is 4.06. The molecule has 4 nitrogen and oxygen atoms in total. The predicted octanol–water partition coefficient (Wildman–Crippen LogP) is 3.74. The fourth-order valence-corrected chi connectivity index (χ4v) is 4.11. The molecular formula is C20H19NO3S. The van der Waals surface area contributed by atoms with Crippen molar-refractivity contribution in [1.82, 2.24) is 0 Å². The summed E-state index contributed by atoms with van der Waals surface area (Å²) in [6, 6.07) is 24.2. The molecular weight excluding hydrogens is 334 g/mol. The molecule has 0 spiro atoms. The molecule has 0 radical (unpaired) electrons. The standard InChI is InChI=1S/C20H19NO3S/c1-20(22,16-10-4-2-5-11-16)18-14-8-9-15-19(18)25(23,24)21-17-12-6-3-7-13-17/h2-15,21-22H,1H3. The van der Waals surface area contributed by atoms with Gasteiger partial charge >= 0.3 is 0 Å². The molecule has 0 aromatic heterocycles. The van der Waals surface area contributed by atoms with Crippen LogP contribution in [0.25, 0.3) is 0 Å². The number of para-hydroxylation sites is 1. The lowest BCUT2D eigenvalue weighted by molar-refractivity contribution is 0.0991. The number of rotatable bonds is 5. The van der Waals surface area contributed by atoms with Gasteiger partial charge in [0.1, 0.15) is 5.60 Å². The Hall–Kier alpha value is -2.63. The minimum Gasteiger partial charge on any atom is -0.381 e. The summed E-state index contributed by atoms with van der Waals surface area (Å²) >= 11 is 0. The summed E-state index contributed by atoms with van der Waals surface area (Å²) in [4.78, 5) is 0.0488. The highest BCUT2D eigenvalue weighted by atomic mass is 32.2. The fourth-order valence-electron chi connectivity index (χ4n) is 2.74. The molecule has 25 heavy (non-hydrogen) atoms. The highest BCUT2D eigenvalue weighted by molar-refractivity contribution is 7.92. The molecule has 0 bridgehead atoms. The maximum Gasteiger partial charge on any atom is 0.262 e. The summed E-state index contributed by atoms with van der Waals surface area (Å²) in [7, 11) is -3.85. The first-order valence-corrected chi connectivity index (χ1v) is 9.35. The number of hydrogen-bond donors (Lipinski definition) is 2. The molecule has 2 N–H and O–H groups in total. The zero-order chi connectivity index (χ0) is 17.9. The number of aliphatic hydroxyl groups is 1. The smallest absolute Gasteiger partial charge is 0.262 e. The highest BCUT2D eigenvalue weighted by Gasteiger charge is 2.32. The van der Waals surface area contributed by atoms with Crippen LogP contribution in [0.3, 0.4) is 0 Å². The first-order chi connectivity index (χ1) is 11.9. The average Bonchev–Trinajstić information content (AvgIpc) is 2.63. The number of hydrogen-bond acceptors (Lipinski definition) is 3. The van der Waals surface area contributed by atoms with E-state index in [-0.39, 0.29) is 4.90 Å². The Bertz CT molecular complexity index is 953. The summed E-state index contributed by atoms with van der Waals surface area (Å²) < 4.78 is 28.3. The Balaban J connectivity index is 2.07. The maximum atomic E-state index is 12.9. The molecule has 128 valence electrons. The molecule has 0 aliphatic rings. The van der Waals surface area contributed by atoms with Gasteiger partial charge in [0.25, 0.3) is 10.0 Å². The summed E-state index contributed by atoms with van der Waals surface area (Å²) in [6.07, 6.45) is 0. The lowest BCUT2D eigenvalue weighted by Crippen LogP contribution is -2.27. The Kier molecular flexibility index (Phi) is 4.61. The molecule has 3 rings (SSSR count). The molecule has 1 atom stereocenters. The first-order valence-electron chi connectivity index (χ1n) is 7.86. The van der Waals surface area contributed by atoms with E-state index in [9.17, 15) is 13.5 Å². The van der Waals surface area contributed by atoms with Crippen molar-refractivity contribution >= 4 is 15.7 Å². The molecule has 1 unspecified atom stereocenters. The van der Waals surface area contributed by atoms with Crippen LogP contribution in [0.15, 0.2) is 89.8 Å². The molecule has 0 fully saturated rings. The van der Waals surface area contributed by atoms with Crippen LogP contribution >= 0.6 is 0 Å². The summed E-state index contributed by atoms with van der Waals surface area (Å²) in [6.45, 7) is 1.60. The average molecular weight is 353 g/mol. The van der Waals surface area contributed by atoms with E-state index >= 15 is 0 Å². The number of benzene rings is 3. The van der Waals surface area contributed by atoms with Crippen molar-refractivity contribution in [2.24, 2.45) is 0 Å². The third kappa shape index (κ3) is 3.57. The van der Waals surface area contributed by atoms with Gasteiger partial charge in [-0.2, -0.15) is 0 Å². The van der Waals surface area contributed by atoms with Crippen LogP contribution in [0.2, 0.25) is 0 Å². The molecule has 5 heteroatoms. The van der Waals surface area contributed by atoms with Crippen LogP contribution in [0.5, 0.6) is 0 Å². The van der Waals surface area contributed by atoms with Crippen LogP contribution in [0.4, 0.5) is 5.69 Å². The Labute approximate surface area is 147 Å². The molecule has 0 amide bonds. The number of nitrogens with one attached hydrogen (secondary N) is 1. The quantitative estimate of drug-likeness (QED) is 0.734. The van der Waals surface area contributed by atoms with Crippen molar-refractivity contribution in [3.8, 4) is 0 Å². The minimum atomic E-state index is -3.85. The second-order valence-corrected chi connectivity index (χ2v) is 7.56. The van der Waals surface area contributed by atoms with Gasteiger partial charge in [0, 0.05) is 11.3 Å². The van der Waals surface area contributed by atoms with E-state index < -0.39 is 15.6 Å². The van der Waals surface area contributed by atoms with Crippen LogP contribution < -0.4 is 4.72 Å². The van der Waals surface area contributed by atoms with Crippen molar-refractivity contribution in [2.75, 3.05) is 4.72 Å². The van der Waals surface area contributed by atoms with E-state index in [1.807, 2.05) is 24.3 Å². The second kappa shape index (κ2) is 6.70. The maximum absolute atomic E-state index is 12.9. The molecule has 3 aromatic rings. The predicted molar refractivity (Wildman–Crippen MR) is 98.8 cm³/mol. The van der Waals surface area contributed by atoms with E-state index in [1.54, 1.807) is 61.5 Å². The lowest BCUT2D eigenvalue weighted by atomic mass is 9.88. The molecule has 3 aromatic carbocycles. The zero-order valence-corrected chi connectivity index (χ0v) is 14.6. The van der Waals surface area contributed by atoms with Gasteiger partial charge in [-0.25, -0.2) is 8.42 Å². The lowest BCUT2D eigenvalue weighted by Gasteiger charge is -2.27. The van der Waals surface area contributed by atoms with Gasteiger partial charge in [0.15, 0.2) is 0 Å². The molecule has 0 saturated carbocycles. The Morgan fingerprint density at radius 2 is 1.32 bits per heavy atom. The highest BCUT2D eigenvalue weighted by Crippen LogP contribution is 2.34. The van der Waals surface area contributed by atoms with Crippen molar-refractivity contribution in [3.63, 3.8) is 0 Å². The van der Waals surface area contributed by atoms with Crippen LogP contribution in [-0.4, -0.2) is 13.5 Å². The minimum absolute atomic E-state index is 0.0488. The normalized spacial score (nSPS) is 13.8. The molecule has 0 saturated heterocycles. The molecule has 0 heterocycles. The number of anilines is 1. The van der Waals surface area contributed by atoms with E-state index in [0.29, 0.717) is 16.8 Å². The van der Waals surface area contributed by atoms with Crippen molar-refractivity contribution < 1.29 is 13.5 Å². The van der Waals surface area contributed by atoms with Crippen molar-refractivity contribution in [1.29, 1.82) is 0 Å². The Morgan fingerprint density at radius 1 is 0.800 bits per heavy atom. The van der Waals surface area contributed by atoms with Gasteiger partial charge in [0.05, 0.1) is 4.90 Å². The van der Waals surface area contributed by atoms with Gasteiger partial charge in [-0.15, -0.1) is 0 Å². The molecule has 0 aliphatic heterocycles. The summed E-state index contributed by atoms with van der Waals surface area (Å²) in [5, 5.41) is 11.1. The van der Waals surface area contributed by atoms with Crippen LogP contribution in [0, 0.1) is 0 Å². The van der Waals surface area contributed by atoms with Gasteiger partial charge in [-0.05, 0) is 30.7 Å². The van der Waals surface area contributed by atoms with Crippen LogP contribution in [-0.2, 0) is 15.6 Å². The fraction of sp³-hybridized carbons (Fsp3) is 0.100. The monoisotopic (exact) mass is 353 g/mol. The largest absolute Gasteiger partial charge is 0.381 e. The van der Waals surface area contributed by atoms with Gasteiger partial charge in [-0.1, -0.05) is 66.7 Å². The Morgan fingerprint density at radius 3 is 1.96 bits per heavy atom. The topological polar surface area (TPSA) is 66.4 Å². The van der Waals surface area contributed by atoms with Crippen LogP contribution in [0.1, 0.15) is 18.1 Å². The second-order valence-electron chi connectivity index (χ2n) is 5.91. The summed E-state index contributed by atoms with van der Waals surface area (Å²) in [5.74, 6) is 0. The van der Waals surface area contributed by atoms with Gasteiger partial charge in [0.2, 0.25) is 0 Å². The third-order valence-corrected chi connectivity index (χ3v) is 5.50. The van der Waals surface area contributed by atoms with Gasteiger partial charge in [-0.3, -0.25) is 4.72 Å².